The minimum absolute atomic E-state index is 0.0667. The van der Waals surface area contributed by atoms with Gasteiger partial charge in [0, 0.05) is 11.0 Å². The number of rotatable bonds is 20. The van der Waals surface area contributed by atoms with Crippen LogP contribution in [0.15, 0.2) is 194 Å². The zero-order valence-electron chi connectivity index (χ0n) is 39.5. The van der Waals surface area contributed by atoms with Crippen LogP contribution in [0, 0.1) is 12.5 Å². The van der Waals surface area contributed by atoms with Crippen molar-refractivity contribution in [1.82, 2.24) is 0 Å². The summed E-state index contributed by atoms with van der Waals surface area (Å²) in [6, 6.07) is 55.2. The van der Waals surface area contributed by atoms with Crippen molar-refractivity contribution in [2.24, 2.45) is 0 Å². The number of hydrogen-bond donors (Lipinski definition) is 3. The predicted molar refractivity (Wildman–Crippen MR) is 270 cm³/mol. The number of aromatic hydroxyl groups is 1. The number of para-hydroxylation sites is 2. The summed E-state index contributed by atoms with van der Waals surface area (Å²) >= 11 is 0. The van der Waals surface area contributed by atoms with E-state index >= 15 is 0 Å². The molecule has 8 aromatic rings. The van der Waals surface area contributed by atoms with Crippen molar-refractivity contribution < 1.29 is 67.9 Å². The maximum Gasteiger partial charge on any atom is 0.344 e. The van der Waals surface area contributed by atoms with Crippen molar-refractivity contribution in [2.45, 2.75) is 25.9 Å². The Hall–Kier alpha value is -9.71. The molecule has 14 heteroatoms. The highest BCUT2D eigenvalue weighted by Crippen LogP contribution is 2.35. The van der Waals surface area contributed by atoms with Gasteiger partial charge in [-0.15, -0.1) is 0 Å². The Kier molecular flexibility index (Phi) is 17.3. The monoisotopic (exact) mass is 980 g/mol. The average Bonchev–Trinajstić information content (AvgIpc) is 3.40. The van der Waals surface area contributed by atoms with Crippen LogP contribution in [0.25, 0.3) is 0 Å². The number of terminal acetylenes is 1. The molecule has 8 rings (SSSR count). The van der Waals surface area contributed by atoms with Gasteiger partial charge < -0.3 is 48.6 Å². The normalized spacial score (nSPS) is 10.6. The molecule has 3 N–H and O–H groups in total. The number of phenols is 1. The van der Waals surface area contributed by atoms with Crippen LogP contribution in [0.5, 0.6) is 57.5 Å². The van der Waals surface area contributed by atoms with E-state index in [-0.39, 0.29) is 46.8 Å². The van der Waals surface area contributed by atoms with Crippen LogP contribution >= 0.6 is 0 Å². The van der Waals surface area contributed by atoms with E-state index in [0.717, 1.165) is 16.9 Å². The molecule has 0 saturated carbocycles. The van der Waals surface area contributed by atoms with Crippen molar-refractivity contribution in [1.29, 1.82) is 0 Å². The van der Waals surface area contributed by atoms with Crippen molar-refractivity contribution in [3.05, 3.63) is 228 Å². The fourth-order valence-corrected chi connectivity index (χ4v) is 7.04. The molecule has 0 bridgehead atoms. The molecule has 0 spiro atoms. The molecule has 0 aromatic heterocycles. The zero-order valence-corrected chi connectivity index (χ0v) is 39.5. The second kappa shape index (κ2) is 24.7. The van der Waals surface area contributed by atoms with Gasteiger partial charge in [0.1, 0.15) is 77.7 Å². The van der Waals surface area contributed by atoms with Crippen molar-refractivity contribution in [3.8, 4) is 70.0 Å². The Morgan fingerprint density at radius 2 is 0.945 bits per heavy atom. The molecule has 73 heavy (non-hydrogen) atoms. The fourth-order valence-electron chi connectivity index (χ4n) is 7.04. The summed E-state index contributed by atoms with van der Waals surface area (Å²) in [5.74, 6) is 1.21. The number of carboxylic acid groups (broad SMARTS) is 2. The van der Waals surface area contributed by atoms with Gasteiger partial charge in [-0.05, 0) is 145 Å². The van der Waals surface area contributed by atoms with E-state index in [9.17, 15) is 24.6 Å². The lowest BCUT2D eigenvalue weighted by Crippen LogP contribution is -2.18. The summed E-state index contributed by atoms with van der Waals surface area (Å²) in [4.78, 5) is 47.3. The van der Waals surface area contributed by atoms with Gasteiger partial charge in [-0.25, -0.2) is 14.4 Å². The molecule has 0 radical (unpaired) electrons. The van der Waals surface area contributed by atoms with E-state index in [1.807, 2.05) is 91.0 Å². The Labute approximate surface area is 421 Å². The molecule has 0 unspecified atom stereocenters. The first-order chi connectivity index (χ1) is 35.3. The highest BCUT2D eigenvalue weighted by Gasteiger charge is 2.24. The SMILES string of the molecule is C#COc1ccc(C(=O)O)c(C(=O)Oc2ccc(Oc3ccc(C(C)(C)c4ccc(Oc5ccc(OOCc6cc(OCCOc7ccccc7)ccc6C(=O)O)cc5)cc4)cc3)cc2)c1.Oc1ccccc1. The van der Waals surface area contributed by atoms with Gasteiger partial charge in [-0.1, -0.05) is 80.9 Å². The summed E-state index contributed by atoms with van der Waals surface area (Å²) in [5, 5.41) is 27.8. The van der Waals surface area contributed by atoms with Crippen LogP contribution in [0.2, 0.25) is 0 Å². The molecule has 8 aromatic carbocycles. The maximum absolute atomic E-state index is 12.9. The molecule has 0 aliphatic rings. The van der Waals surface area contributed by atoms with E-state index in [2.05, 4.69) is 13.8 Å². The third-order valence-electron chi connectivity index (χ3n) is 10.9. The lowest BCUT2D eigenvalue weighted by atomic mass is 9.78. The first-order valence-corrected chi connectivity index (χ1v) is 22.5. The molecular formula is C59H48O14. The first kappa shape index (κ1) is 51.1. The van der Waals surface area contributed by atoms with Gasteiger partial charge in [0.15, 0.2) is 5.75 Å². The summed E-state index contributed by atoms with van der Waals surface area (Å²) in [7, 11) is 0. The topological polar surface area (TPSA) is 186 Å². The molecular weight excluding hydrogens is 933 g/mol. The molecule has 0 saturated heterocycles. The number of aromatic carboxylic acids is 2. The molecule has 0 aliphatic heterocycles. The number of hydrogen-bond acceptors (Lipinski definition) is 12. The third kappa shape index (κ3) is 14.7. The van der Waals surface area contributed by atoms with E-state index < -0.39 is 17.9 Å². The lowest BCUT2D eigenvalue weighted by Gasteiger charge is -2.26. The molecule has 0 fully saturated rings. The lowest BCUT2D eigenvalue weighted by molar-refractivity contribution is -0.217. The minimum atomic E-state index is -1.30. The summed E-state index contributed by atoms with van der Waals surface area (Å²) in [5.41, 5.74) is 1.71. The number of carboxylic acids is 2. The first-order valence-electron chi connectivity index (χ1n) is 22.5. The standard InChI is InChI=1S/C53H42O13.C6H6O/c1-4-59-46-27-29-48(51(56)57)49(33-46)52(58)65-43-20-18-41(19-21-43)63-39-14-10-36(11-15-39)53(2,3)37-12-16-40(17-13-37)64-42-22-24-44(25-23-42)66-62-34-35-32-45(26-28-47(35)50(54)55)61-31-30-60-38-8-6-5-7-9-38;7-6-4-2-1-3-5-6/h1,5-29,32-33H,30-31,34H2,2-3H3,(H,54,55)(H,56,57);1-5,7H. The number of carbonyl (C=O) groups is 3. The van der Waals surface area contributed by atoms with Crippen molar-refractivity contribution in [2.75, 3.05) is 13.2 Å². The predicted octanol–water partition coefficient (Wildman–Crippen LogP) is 12.5. The summed E-state index contributed by atoms with van der Waals surface area (Å²) < 4.78 is 33.9. The third-order valence-corrected chi connectivity index (χ3v) is 10.9. The molecule has 0 heterocycles. The highest BCUT2D eigenvalue weighted by atomic mass is 17.2. The Bertz CT molecular complexity index is 3130. The molecule has 0 atom stereocenters. The van der Waals surface area contributed by atoms with Crippen LogP contribution < -0.4 is 33.3 Å². The van der Waals surface area contributed by atoms with Crippen LogP contribution in [-0.2, 0) is 16.9 Å². The number of phenolic OH excluding ortho intramolecular Hbond substituents is 1. The second-order valence-electron chi connectivity index (χ2n) is 16.3. The number of carbonyl (C=O) groups excluding carboxylic acids is 1. The van der Waals surface area contributed by atoms with Gasteiger partial charge in [-0.2, -0.15) is 4.89 Å². The summed E-state index contributed by atoms with van der Waals surface area (Å²) in [6.07, 6.45) is 7.14. The van der Waals surface area contributed by atoms with E-state index in [1.165, 1.54) is 36.4 Å². The maximum atomic E-state index is 12.9. The smallest absolute Gasteiger partial charge is 0.344 e. The highest BCUT2D eigenvalue weighted by molar-refractivity contribution is 6.03. The second-order valence-corrected chi connectivity index (χ2v) is 16.3. The Morgan fingerprint density at radius 3 is 1.45 bits per heavy atom. The van der Waals surface area contributed by atoms with Gasteiger partial charge in [-0.3, -0.25) is 0 Å². The Morgan fingerprint density at radius 1 is 0.493 bits per heavy atom. The van der Waals surface area contributed by atoms with Crippen molar-refractivity contribution in [3.63, 3.8) is 0 Å². The fraction of sp³-hybridized carbons (Fsp3) is 0.102. The van der Waals surface area contributed by atoms with E-state index in [0.29, 0.717) is 52.4 Å². The zero-order chi connectivity index (χ0) is 51.6. The average molecular weight is 981 g/mol. The molecule has 368 valence electrons. The van der Waals surface area contributed by atoms with Gasteiger partial charge in [0.25, 0.3) is 0 Å². The van der Waals surface area contributed by atoms with Gasteiger partial charge >= 0.3 is 17.9 Å². The molecule has 14 nitrogen and oxygen atoms in total. The number of ether oxygens (including phenoxy) is 6. The Balaban J connectivity index is 0.00000103. The van der Waals surface area contributed by atoms with Gasteiger partial charge in [0.05, 0.1) is 16.7 Å². The van der Waals surface area contributed by atoms with Crippen molar-refractivity contribution >= 4 is 17.9 Å². The van der Waals surface area contributed by atoms with E-state index in [1.54, 1.807) is 72.8 Å². The van der Waals surface area contributed by atoms with Crippen LogP contribution in [0.1, 0.15) is 61.6 Å². The molecule has 0 aliphatic carbocycles. The number of benzene rings is 8. The summed E-state index contributed by atoms with van der Waals surface area (Å²) in [6.45, 7) is 4.68. The van der Waals surface area contributed by atoms with Crippen LogP contribution in [0.4, 0.5) is 0 Å². The largest absolute Gasteiger partial charge is 0.508 e. The van der Waals surface area contributed by atoms with Gasteiger partial charge in [0.2, 0.25) is 0 Å². The van der Waals surface area contributed by atoms with Crippen LogP contribution in [-0.4, -0.2) is 46.4 Å². The minimum Gasteiger partial charge on any atom is -0.508 e. The quantitative estimate of drug-likeness (QED) is 0.0163. The molecule has 0 amide bonds. The van der Waals surface area contributed by atoms with Crippen LogP contribution in [0.3, 0.4) is 0 Å². The number of esters is 1. The van der Waals surface area contributed by atoms with E-state index in [4.69, 9.17) is 49.7 Å².